The maximum absolute atomic E-state index is 6.11. The predicted octanol–water partition coefficient (Wildman–Crippen LogP) is 9.89. The highest BCUT2D eigenvalue weighted by Crippen LogP contribution is 2.57. The smallest absolute Gasteiger partial charge is 0.162 e. The third kappa shape index (κ3) is 4.87. The molecule has 9 heteroatoms. The molecule has 0 saturated heterocycles. The standard InChI is InChI=1S/C14H6Br8O/c1-5-2-3-7(6(15)4-5)23-13-11(18)9(16)8(14(20,21)22)10(17)12(13)19/h2-4H,1H3. The van der Waals surface area contributed by atoms with Crippen LogP contribution in [0.2, 0.25) is 0 Å². The molecule has 0 unspecified atom stereocenters. The SMILES string of the molecule is Cc1ccc(Oc2c(Br)c(Br)c(C(Br)(Br)Br)c(Br)c2Br)c(Br)c1. The number of benzene rings is 2. The second-order valence-corrected chi connectivity index (χ2v) is 15.3. The van der Waals surface area contributed by atoms with Gasteiger partial charge in [-0.3, -0.25) is 0 Å². The van der Waals surface area contributed by atoms with Gasteiger partial charge >= 0.3 is 0 Å². The fourth-order valence-corrected chi connectivity index (χ4v) is 7.95. The van der Waals surface area contributed by atoms with Crippen LogP contribution in [0.25, 0.3) is 0 Å². The van der Waals surface area contributed by atoms with Gasteiger partial charge in [0.2, 0.25) is 0 Å². The fraction of sp³-hybridized carbons (Fsp3) is 0.143. The molecule has 1 nitrogen and oxygen atoms in total. The number of aryl methyl sites for hydroxylation is 1. The van der Waals surface area contributed by atoms with Crippen molar-refractivity contribution in [3.8, 4) is 11.5 Å². The molecule has 0 radical (unpaired) electrons. The number of hydrogen-bond donors (Lipinski definition) is 0. The molecule has 0 amide bonds. The summed E-state index contributed by atoms with van der Waals surface area (Å²) in [6, 6.07) is 5.94. The molecule has 0 aliphatic carbocycles. The summed E-state index contributed by atoms with van der Waals surface area (Å²) >= 11 is 28.6. The van der Waals surface area contributed by atoms with Crippen LogP contribution in [0.1, 0.15) is 11.1 Å². The molecule has 0 saturated carbocycles. The van der Waals surface area contributed by atoms with E-state index < -0.39 is 2.14 Å². The first kappa shape index (κ1) is 21.4. The molecule has 0 N–H and O–H groups in total. The van der Waals surface area contributed by atoms with Crippen LogP contribution in [0.5, 0.6) is 11.5 Å². The minimum Gasteiger partial charge on any atom is -0.454 e. The Kier molecular flexibility index (Phi) is 7.81. The summed E-state index contributed by atoms with van der Waals surface area (Å²) in [4.78, 5) is 0. The first-order valence-electron chi connectivity index (χ1n) is 5.91. The molecule has 0 bridgehead atoms. The molecule has 0 aliphatic heterocycles. The van der Waals surface area contributed by atoms with Crippen molar-refractivity contribution < 1.29 is 4.74 Å². The van der Waals surface area contributed by atoms with Gasteiger partial charge in [-0.1, -0.05) is 53.9 Å². The van der Waals surface area contributed by atoms with Crippen LogP contribution in [-0.2, 0) is 2.14 Å². The molecule has 0 heterocycles. The summed E-state index contributed by atoms with van der Waals surface area (Å²) in [5.41, 5.74) is 2.08. The van der Waals surface area contributed by atoms with Gasteiger partial charge in [0.15, 0.2) is 7.89 Å². The predicted molar refractivity (Wildman–Crippen MR) is 125 cm³/mol. The first-order valence-corrected chi connectivity index (χ1v) is 12.3. The molecular formula is C14H6Br8O. The molecule has 23 heavy (non-hydrogen) atoms. The summed E-state index contributed by atoms with van der Waals surface area (Å²) in [7, 11) is 0. The molecule has 0 fully saturated rings. The molecule has 2 aromatic carbocycles. The van der Waals surface area contributed by atoms with E-state index in [2.05, 4.69) is 127 Å². The van der Waals surface area contributed by atoms with Gasteiger partial charge in [0.25, 0.3) is 0 Å². The van der Waals surface area contributed by atoms with Crippen molar-refractivity contribution in [3.05, 3.63) is 51.7 Å². The number of alkyl halides is 3. The van der Waals surface area contributed by atoms with Crippen LogP contribution in [-0.4, -0.2) is 0 Å². The second kappa shape index (κ2) is 8.40. The number of rotatable bonds is 2. The van der Waals surface area contributed by atoms with Gasteiger partial charge < -0.3 is 4.74 Å². The maximum atomic E-state index is 6.11. The Hall–Kier alpha value is 2.08. The Morgan fingerprint density at radius 3 is 1.78 bits per heavy atom. The molecule has 0 aliphatic rings. The quantitative estimate of drug-likeness (QED) is 0.217. The zero-order chi connectivity index (χ0) is 17.5. The Bertz CT molecular complexity index is 737. The number of hydrogen-bond acceptors (Lipinski definition) is 1. The average Bonchev–Trinajstić information content (AvgIpc) is 2.42. The third-order valence-electron chi connectivity index (χ3n) is 2.81. The zero-order valence-electron chi connectivity index (χ0n) is 11.2. The van der Waals surface area contributed by atoms with Crippen LogP contribution < -0.4 is 4.74 Å². The van der Waals surface area contributed by atoms with Crippen molar-refractivity contribution in [1.82, 2.24) is 0 Å². The number of ether oxygens (including phenoxy) is 1. The Morgan fingerprint density at radius 2 is 1.35 bits per heavy atom. The van der Waals surface area contributed by atoms with Crippen LogP contribution in [0.15, 0.2) is 40.6 Å². The van der Waals surface area contributed by atoms with E-state index in [0.29, 0.717) is 5.75 Å². The van der Waals surface area contributed by atoms with E-state index in [0.717, 1.165) is 39.2 Å². The third-order valence-corrected chi connectivity index (χ3v) is 8.78. The summed E-state index contributed by atoms with van der Waals surface area (Å²) in [5, 5.41) is 0. The summed E-state index contributed by atoms with van der Waals surface area (Å²) in [6.45, 7) is 2.03. The van der Waals surface area contributed by atoms with E-state index >= 15 is 0 Å². The fourth-order valence-electron chi connectivity index (χ4n) is 1.75. The van der Waals surface area contributed by atoms with Crippen molar-refractivity contribution in [1.29, 1.82) is 0 Å². The largest absolute Gasteiger partial charge is 0.454 e. The highest BCUT2D eigenvalue weighted by molar-refractivity contribution is 9.38. The van der Waals surface area contributed by atoms with E-state index in [-0.39, 0.29) is 0 Å². The molecule has 2 rings (SSSR count). The molecule has 0 spiro atoms. The van der Waals surface area contributed by atoms with Gasteiger partial charge in [0.1, 0.15) is 5.75 Å². The van der Waals surface area contributed by atoms with Crippen molar-refractivity contribution in [3.63, 3.8) is 0 Å². The lowest BCUT2D eigenvalue weighted by atomic mass is 10.2. The van der Waals surface area contributed by atoms with Crippen LogP contribution in [0, 0.1) is 6.92 Å². The van der Waals surface area contributed by atoms with Gasteiger partial charge in [-0.05, 0) is 104 Å². The van der Waals surface area contributed by atoms with Crippen LogP contribution >= 0.6 is 127 Å². The van der Waals surface area contributed by atoms with Crippen molar-refractivity contribution in [2.24, 2.45) is 0 Å². The van der Waals surface area contributed by atoms with Crippen molar-refractivity contribution in [2.45, 2.75) is 9.07 Å². The monoisotopic (exact) mass is 821 g/mol. The lowest BCUT2D eigenvalue weighted by Gasteiger charge is -2.22. The van der Waals surface area contributed by atoms with Gasteiger partial charge in [0.05, 0.1) is 13.4 Å². The molecular weight excluding hydrogens is 823 g/mol. The Morgan fingerprint density at radius 1 is 0.826 bits per heavy atom. The summed E-state index contributed by atoms with van der Waals surface area (Å²) in [5.74, 6) is 1.39. The van der Waals surface area contributed by atoms with Gasteiger partial charge in [-0.2, -0.15) is 0 Å². The molecule has 124 valence electrons. The van der Waals surface area contributed by atoms with Crippen LogP contribution in [0.4, 0.5) is 0 Å². The summed E-state index contributed by atoms with van der Waals surface area (Å²) < 4.78 is 9.68. The highest BCUT2D eigenvalue weighted by Gasteiger charge is 2.32. The molecule has 2 aromatic rings. The average molecular weight is 829 g/mol. The lowest BCUT2D eigenvalue weighted by Crippen LogP contribution is -2.03. The van der Waals surface area contributed by atoms with Crippen molar-refractivity contribution in [2.75, 3.05) is 0 Å². The van der Waals surface area contributed by atoms with E-state index in [9.17, 15) is 0 Å². The maximum Gasteiger partial charge on any atom is 0.162 e. The van der Waals surface area contributed by atoms with E-state index in [4.69, 9.17) is 4.74 Å². The van der Waals surface area contributed by atoms with E-state index in [1.165, 1.54) is 0 Å². The van der Waals surface area contributed by atoms with Gasteiger partial charge in [-0.25, -0.2) is 0 Å². The molecule has 0 atom stereocenters. The Balaban J connectivity index is 2.61. The van der Waals surface area contributed by atoms with Gasteiger partial charge in [0, 0.05) is 14.5 Å². The number of halogens is 8. The summed E-state index contributed by atoms with van der Waals surface area (Å²) in [6.07, 6.45) is 0. The van der Waals surface area contributed by atoms with Crippen LogP contribution in [0.3, 0.4) is 0 Å². The lowest BCUT2D eigenvalue weighted by molar-refractivity contribution is 0.472. The minimum absolute atomic E-state index is 0.585. The second-order valence-electron chi connectivity index (χ2n) is 4.49. The topological polar surface area (TPSA) is 9.23 Å². The van der Waals surface area contributed by atoms with Gasteiger partial charge in [-0.15, -0.1) is 0 Å². The first-order chi connectivity index (χ1) is 10.5. The highest BCUT2D eigenvalue weighted by atomic mass is 80.0. The van der Waals surface area contributed by atoms with E-state index in [1.54, 1.807) is 0 Å². The minimum atomic E-state index is -0.585. The molecule has 0 aromatic heterocycles. The van der Waals surface area contributed by atoms with Crippen molar-refractivity contribution >= 4 is 127 Å². The Labute approximate surface area is 201 Å². The normalized spacial score (nSPS) is 11.7. The zero-order valence-corrected chi connectivity index (χ0v) is 23.9. The van der Waals surface area contributed by atoms with E-state index in [1.807, 2.05) is 25.1 Å².